The minimum Gasteiger partial charge on any atom is -0.392 e. The summed E-state index contributed by atoms with van der Waals surface area (Å²) in [6.07, 6.45) is 1.99. The summed E-state index contributed by atoms with van der Waals surface area (Å²) in [7, 11) is 0. The third-order valence-electron chi connectivity index (χ3n) is 4.97. The number of fused-ring (bicyclic) bond motifs is 5. The van der Waals surface area contributed by atoms with Crippen LogP contribution in [0.15, 0.2) is 6.33 Å². The lowest BCUT2D eigenvalue weighted by atomic mass is 9.87. The van der Waals surface area contributed by atoms with Crippen LogP contribution in [-0.2, 0) is 17.8 Å². The van der Waals surface area contributed by atoms with Gasteiger partial charge in [-0.25, -0.2) is 15.0 Å². The second-order valence-corrected chi connectivity index (χ2v) is 9.25. The van der Waals surface area contributed by atoms with Gasteiger partial charge in [-0.3, -0.25) is 0 Å². The highest BCUT2D eigenvalue weighted by Gasteiger charge is 2.32. The van der Waals surface area contributed by atoms with Crippen molar-refractivity contribution in [1.29, 1.82) is 0 Å². The molecule has 6 nitrogen and oxygen atoms in total. The molecule has 0 saturated heterocycles. The highest BCUT2D eigenvalue weighted by atomic mass is 32.1. The van der Waals surface area contributed by atoms with Gasteiger partial charge in [0.25, 0.3) is 0 Å². The van der Waals surface area contributed by atoms with Gasteiger partial charge in [0.15, 0.2) is 0 Å². The average Bonchev–Trinajstić information content (AvgIpc) is 2.97. The Morgan fingerprint density at radius 2 is 2.04 bits per heavy atom. The van der Waals surface area contributed by atoms with Gasteiger partial charge in [0.2, 0.25) is 0 Å². The normalized spacial score (nSPS) is 17.4. The number of hydrogen-bond acceptors (Lipinski definition) is 7. The maximum atomic E-state index is 9.61. The SMILES string of the molecule is CC(O)CNc1ncnc2c1sc1nc(C(C)C)c3c(c12)CC(C)(C)OC3. The first-order valence-electron chi connectivity index (χ1n) is 9.41. The smallest absolute Gasteiger partial charge is 0.147 e. The molecule has 0 radical (unpaired) electrons. The van der Waals surface area contributed by atoms with Crippen LogP contribution in [0.5, 0.6) is 0 Å². The first-order chi connectivity index (χ1) is 12.8. The van der Waals surface area contributed by atoms with Gasteiger partial charge in [0.1, 0.15) is 17.0 Å². The zero-order valence-electron chi connectivity index (χ0n) is 16.5. The van der Waals surface area contributed by atoms with E-state index in [1.165, 1.54) is 11.1 Å². The predicted molar refractivity (Wildman–Crippen MR) is 110 cm³/mol. The molecule has 0 spiro atoms. The Hall–Kier alpha value is -1.83. The largest absolute Gasteiger partial charge is 0.392 e. The Bertz CT molecular complexity index is 1010. The molecule has 2 N–H and O–H groups in total. The number of thiophene rings is 1. The Balaban J connectivity index is 1.99. The summed E-state index contributed by atoms with van der Waals surface area (Å²) in [5.41, 5.74) is 4.38. The summed E-state index contributed by atoms with van der Waals surface area (Å²) in [5, 5.41) is 14.0. The molecule has 7 heteroatoms. The Labute approximate surface area is 163 Å². The number of rotatable bonds is 4. The fourth-order valence-electron chi connectivity index (χ4n) is 3.68. The molecule has 1 aliphatic heterocycles. The van der Waals surface area contributed by atoms with E-state index in [1.54, 1.807) is 24.6 Å². The van der Waals surface area contributed by atoms with E-state index in [0.717, 1.165) is 38.4 Å². The van der Waals surface area contributed by atoms with Gasteiger partial charge in [0.05, 0.1) is 34.2 Å². The number of nitrogens with one attached hydrogen (secondary N) is 1. The number of ether oxygens (including phenoxy) is 1. The number of aromatic nitrogens is 3. The minimum absolute atomic E-state index is 0.204. The number of nitrogens with zero attached hydrogens (tertiary/aromatic N) is 3. The number of aliphatic hydroxyl groups is 1. The number of anilines is 1. The molecular weight excluding hydrogens is 360 g/mol. The maximum Gasteiger partial charge on any atom is 0.147 e. The van der Waals surface area contributed by atoms with Crippen molar-refractivity contribution in [3.8, 4) is 0 Å². The van der Waals surface area contributed by atoms with E-state index >= 15 is 0 Å². The Kier molecular flexibility index (Phi) is 4.56. The topological polar surface area (TPSA) is 80.2 Å². The molecule has 0 saturated carbocycles. The van der Waals surface area contributed by atoms with Crippen LogP contribution >= 0.6 is 11.3 Å². The van der Waals surface area contributed by atoms with Crippen molar-refractivity contribution in [2.45, 2.75) is 65.3 Å². The number of hydrogen-bond donors (Lipinski definition) is 2. The average molecular weight is 387 g/mol. The fourth-order valence-corrected chi connectivity index (χ4v) is 4.81. The molecule has 3 aromatic rings. The third-order valence-corrected chi connectivity index (χ3v) is 6.05. The zero-order chi connectivity index (χ0) is 19.3. The summed E-state index contributed by atoms with van der Waals surface area (Å²) >= 11 is 1.62. The van der Waals surface area contributed by atoms with Gasteiger partial charge >= 0.3 is 0 Å². The molecule has 0 aromatic carbocycles. The fraction of sp³-hybridized carbons (Fsp3) is 0.550. The summed E-state index contributed by atoms with van der Waals surface area (Å²) < 4.78 is 7.09. The Morgan fingerprint density at radius 3 is 2.74 bits per heavy atom. The molecule has 1 atom stereocenters. The lowest BCUT2D eigenvalue weighted by Gasteiger charge is -2.33. The highest BCUT2D eigenvalue weighted by molar-refractivity contribution is 7.26. The van der Waals surface area contributed by atoms with Gasteiger partial charge in [-0.2, -0.15) is 0 Å². The van der Waals surface area contributed by atoms with Crippen LogP contribution in [0.3, 0.4) is 0 Å². The summed E-state index contributed by atoms with van der Waals surface area (Å²) in [5.74, 6) is 1.09. The summed E-state index contributed by atoms with van der Waals surface area (Å²) in [6.45, 7) is 11.4. The van der Waals surface area contributed by atoms with Crippen LogP contribution in [-0.4, -0.2) is 38.3 Å². The van der Waals surface area contributed by atoms with Crippen LogP contribution in [0.1, 0.15) is 57.4 Å². The van der Waals surface area contributed by atoms with Crippen molar-refractivity contribution in [3.63, 3.8) is 0 Å². The molecule has 1 unspecified atom stereocenters. The highest BCUT2D eigenvalue weighted by Crippen LogP contribution is 2.43. The summed E-state index contributed by atoms with van der Waals surface area (Å²) in [6, 6.07) is 0. The Morgan fingerprint density at radius 1 is 1.26 bits per heavy atom. The van der Waals surface area contributed by atoms with E-state index in [0.29, 0.717) is 19.1 Å². The predicted octanol–water partition coefficient (Wildman–Crippen LogP) is 4.01. The van der Waals surface area contributed by atoms with Crippen molar-refractivity contribution >= 4 is 37.6 Å². The van der Waals surface area contributed by atoms with Crippen molar-refractivity contribution in [1.82, 2.24) is 15.0 Å². The second kappa shape index (κ2) is 6.65. The van der Waals surface area contributed by atoms with E-state index in [9.17, 15) is 5.11 Å². The van der Waals surface area contributed by atoms with Crippen molar-refractivity contribution in [2.24, 2.45) is 0 Å². The molecule has 0 amide bonds. The molecule has 1 aliphatic rings. The van der Waals surface area contributed by atoms with Gasteiger partial charge in [-0.05, 0) is 32.3 Å². The van der Waals surface area contributed by atoms with Crippen LogP contribution in [0, 0.1) is 0 Å². The molecule has 0 aliphatic carbocycles. The van der Waals surface area contributed by atoms with E-state index in [-0.39, 0.29) is 5.60 Å². The molecule has 4 heterocycles. The van der Waals surface area contributed by atoms with Crippen LogP contribution in [0.2, 0.25) is 0 Å². The van der Waals surface area contributed by atoms with Crippen LogP contribution in [0.25, 0.3) is 20.4 Å². The van der Waals surface area contributed by atoms with Crippen molar-refractivity contribution in [3.05, 3.63) is 23.1 Å². The first kappa shape index (κ1) is 18.5. The monoisotopic (exact) mass is 386 g/mol. The lowest BCUT2D eigenvalue weighted by molar-refractivity contribution is -0.0402. The van der Waals surface area contributed by atoms with E-state index in [4.69, 9.17) is 9.72 Å². The molecular formula is C20H26N4O2S. The zero-order valence-corrected chi connectivity index (χ0v) is 17.3. The number of pyridine rings is 1. The van der Waals surface area contributed by atoms with Crippen molar-refractivity contribution < 1.29 is 9.84 Å². The standard InChI is InChI=1S/C20H26N4O2S/c1-10(2)15-13-8-26-20(4,5)6-12(13)14-16-17(27-19(14)24-15)18(23-9-22-16)21-7-11(3)25/h9-11,25H,6-8H2,1-5H3,(H,21,22,23). The van der Waals surface area contributed by atoms with E-state index < -0.39 is 6.10 Å². The molecule has 0 fully saturated rings. The van der Waals surface area contributed by atoms with E-state index in [2.05, 4.69) is 43.0 Å². The maximum absolute atomic E-state index is 9.61. The minimum atomic E-state index is -0.444. The lowest BCUT2D eigenvalue weighted by Crippen LogP contribution is -2.32. The molecule has 4 rings (SSSR count). The van der Waals surface area contributed by atoms with Gasteiger partial charge in [-0.1, -0.05) is 13.8 Å². The molecule has 27 heavy (non-hydrogen) atoms. The van der Waals surface area contributed by atoms with Crippen molar-refractivity contribution in [2.75, 3.05) is 11.9 Å². The van der Waals surface area contributed by atoms with Gasteiger partial charge in [0, 0.05) is 23.9 Å². The number of aliphatic hydroxyl groups excluding tert-OH is 1. The van der Waals surface area contributed by atoms with Crippen LogP contribution in [0.4, 0.5) is 5.82 Å². The first-order valence-corrected chi connectivity index (χ1v) is 10.2. The van der Waals surface area contributed by atoms with Gasteiger partial charge in [-0.15, -0.1) is 11.3 Å². The molecule has 0 bridgehead atoms. The van der Waals surface area contributed by atoms with Crippen LogP contribution < -0.4 is 5.32 Å². The molecule has 144 valence electrons. The van der Waals surface area contributed by atoms with Gasteiger partial charge < -0.3 is 15.2 Å². The van der Waals surface area contributed by atoms with E-state index in [1.807, 2.05) is 0 Å². The summed E-state index contributed by atoms with van der Waals surface area (Å²) in [4.78, 5) is 15.0. The molecule has 3 aromatic heterocycles. The third kappa shape index (κ3) is 3.28. The second-order valence-electron chi connectivity index (χ2n) is 8.25. The quantitative estimate of drug-likeness (QED) is 0.705.